The lowest BCUT2D eigenvalue weighted by molar-refractivity contribution is 0.594. The fraction of sp³-hybridized carbons (Fsp3) is 0.0769. The van der Waals surface area contributed by atoms with Crippen LogP contribution in [-0.4, -0.2) is 16.8 Å². The van der Waals surface area contributed by atoms with E-state index >= 15 is 0 Å². The largest absolute Gasteiger partial charge is 0.238 e. The van der Waals surface area contributed by atoms with Crippen molar-refractivity contribution in [2.24, 2.45) is 5.14 Å². The van der Waals surface area contributed by atoms with Gasteiger partial charge in [-0.05, 0) is 48.9 Å². The quantitative estimate of drug-likeness (QED) is 0.870. The van der Waals surface area contributed by atoms with E-state index in [1.807, 2.05) is 0 Å². The molecule has 0 spiro atoms. The molecule has 0 bridgehead atoms. The summed E-state index contributed by atoms with van der Waals surface area (Å²) in [5, 5.41) is 5.10. The molecule has 0 aromatic heterocycles. The Morgan fingerprint density at radius 2 is 1.43 bits per heavy atom. The minimum Gasteiger partial charge on any atom is -0.225 e. The van der Waals surface area contributed by atoms with Crippen LogP contribution in [0.1, 0.15) is 5.56 Å². The van der Waals surface area contributed by atoms with Crippen LogP contribution in [0.4, 0.5) is 0 Å². The molecule has 2 aromatic rings. The molecule has 0 saturated heterocycles. The lowest BCUT2D eigenvalue weighted by Crippen LogP contribution is -2.14. The SMILES string of the molecule is Cc1ccc(S(=O)(=O)c2ccc(Br)cc2)cc1S(N)(=O)=O. The van der Waals surface area contributed by atoms with Crippen LogP contribution in [0.25, 0.3) is 0 Å². The van der Waals surface area contributed by atoms with E-state index in [9.17, 15) is 16.8 Å². The number of halogens is 1. The van der Waals surface area contributed by atoms with Crippen LogP contribution in [0.15, 0.2) is 61.6 Å². The molecule has 0 aliphatic rings. The fourth-order valence-corrected chi connectivity index (χ4v) is 4.24. The number of rotatable bonds is 3. The molecule has 112 valence electrons. The molecule has 0 radical (unpaired) electrons. The van der Waals surface area contributed by atoms with Gasteiger partial charge in [0.05, 0.1) is 14.7 Å². The smallest absolute Gasteiger partial charge is 0.225 e. The highest BCUT2D eigenvalue weighted by molar-refractivity contribution is 9.10. The van der Waals surface area contributed by atoms with Gasteiger partial charge in [0.25, 0.3) is 0 Å². The third-order valence-electron chi connectivity index (χ3n) is 2.90. The Morgan fingerprint density at radius 3 is 1.95 bits per heavy atom. The summed E-state index contributed by atoms with van der Waals surface area (Å²) in [5.74, 6) is 0. The van der Waals surface area contributed by atoms with Crippen LogP contribution in [-0.2, 0) is 19.9 Å². The molecule has 0 atom stereocenters. The van der Waals surface area contributed by atoms with E-state index in [1.165, 1.54) is 24.3 Å². The van der Waals surface area contributed by atoms with Crippen LogP contribution in [0.3, 0.4) is 0 Å². The maximum absolute atomic E-state index is 12.5. The third-order valence-corrected chi connectivity index (χ3v) is 6.25. The molecule has 0 aliphatic carbocycles. The van der Waals surface area contributed by atoms with E-state index in [0.717, 1.165) is 10.5 Å². The molecule has 2 N–H and O–H groups in total. The molecule has 2 aromatic carbocycles. The minimum atomic E-state index is -3.98. The summed E-state index contributed by atoms with van der Waals surface area (Å²) < 4.78 is 48.7. The molecule has 21 heavy (non-hydrogen) atoms. The molecule has 0 fully saturated rings. The summed E-state index contributed by atoms with van der Waals surface area (Å²) >= 11 is 3.23. The number of hydrogen-bond acceptors (Lipinski definition) is 4. The van der Waals surface area contributed by atoms with Gasteiger partial charge in [0.1, 0.15) is 0 Å². The molecular weight excluding hydrogens is 378 g/mol. The highest BCUT2D eigenvalue weighted by Crippen LogP contribution is 2.25. The summed E-state index contributed by atoms with van der Waals surface area (Å²) in [6.07, 6.45) is 0. The molecular formula is C13H12BrNO4S2. The average Bonchev–Trinajstić information content (AvgIpc) is 2.38. The molecule has 0 aliphatic heterocycles. The first-order valence-electron chi connectivity index (χ1n) is 5.76. The molecule has 0 heterocycles. The summed E-state index contributed by atoms with van der Waals surface area (Å²) in [5.41, 5.74) is 0.396. The van der Waals surface area contributed by atoms with E-state index in [1.54, 1.807) is 19.1 Å². The highest BCUT2D eigenvalue weighted by Gasteiger charge is 2.21. The maximum atomic E-state index is 12.5. The van der Waals surface area contributed by atoms with Gasteiger partial charge >= 0.3 is 0 Å². The standard InChI is InChI=1S/C13H12BrNO4S2/c1-9-2-5-12(8-13(9)21(15,18)19)20(16,17)11-6-3-10(14)4-7-11/h2-8H,1H3,(H2,15,18,19). The Kier molecular flexibility index (Phi) is 4.25. The van der Waals surface area contributed by atoms with Crippen LogP contribution in [0.5, 0.6) is 0 Å². The number of sulfone groups is 1. The van der Waals surface area contributed by atoms with Gasteiger partial charge in [-0.1, -0.05) is 22.0 Å². The van der Waals surface area contributed by atoms with Crippen molar-refractivity contribution >= 4 is 35.8 Å². The zero-order valence-corrected chi connectivity index (χ0v) is 14.2. The predicted molar refractivity (Wildman–Crippen MR) is 82.1 cm³/mol. The van der Waals surface area contributed by atoms with E-state index in [0.29, 0.717) is 5.56 Å². The van der Waals surface area contributed by atoms with Crippen molar-refractivity contribution in [1.29, 1.82) is 0 Å². The summed E-state index contributed by atoms with van der Waals surface area (Å²) in [6, 6.07) is 9.95. The van der Waals surface area contributed by atoms with Crippen LogP contribution < -0.4 is 5.14 Å². The topological polar surface area (TPSA) is 94.3 Å². The zero-order chi connectivity index (χ0) is 15.8. The van der Waals surface area contributed by atoms with E-state index in [-0.39, 0.29) is 14.7 Å². The van der Waals surface area contributed by atoms with Crippen molar-refractivity contribution in [2.75, 3.05) is 0 Å². The average molecular weight is 390 g/mol. The third kappa shape index (κ3) is 3.34. The van der Waals surface area contributed by atoms with Crippen molar-refractivity contribution < 1.29 is 16.8 Å². The van der Waals surface area contributed by atoms with Crippen molar-refractivity contribution in [3.63, 3.8) is 0 Å². The highest BCUT2D eigenvalue weighted by atomic mass is 79.9. The molecule has 0 saturated carbocycles. The van der Waals surface area contributed by atoms with Gasteiger partial charge in [-0.25, -0.2) is 22.0 Å². The van der Waals surface area contributed by atoms with E-state index < -0.39 is 19.9 Å². The fourth-order valence-electron chi connectivity index (χ4n) is 1.80. The van der Waals surface area contributed by atoms with E-state index in [4.69, 9.17) is 5.14 Å². The van der Waals surface area contributed by atoms with E-state index in [2.05, 4.69) is 15.9 Å². The van der Waals surface area contributed by atoms with Gasteiger partial charge in [-0.15, -0.1) is 0 Å². The number of sulfonamides is 1. The number of hydrogen-bond donors (Lipinski definition) is 1. The Labute approximate surface area is 131 Å². The number of benzene rings is 2. The lowest BCUT2D eigenvalue weighted by atomic mass is 10.2. The second kappa shape index (κ2) is 5.53. The maximum Gasteiger partial charge on any atom is 0.238 e. The molecule has 5 nitrogen and oxygen atoms in total. The monoisotopic (exact) mass is 389 g/mol. The van der Waals surface area contributed by atoms with Crippen LogP contribution >= 0.6 is 15.9 Å². The van der Waals surface area contributed by atoms with Gasteiger partial charge in [0, 0.05) is 4.47 Å². The summed E-state index contributed by atoms with van der Waals surface area (Å²) in [7, 11) is -7.77. The van der Waals surface area contributed by atoms with Gasteiger partial charge in [0.2, 0.25) is 19.9 Å². The van der Waals surface area contributed by atoms with Crippen LogP contribution in [0.2, 0.25) is 0 Å². The van der Waals surface area contributed by atoms with Crippen molar-refractivity contribution in [2.45, 2.75) is 21.6 Å². The number of aryl methyl sites for hydroxylation is 1. The Balaban J connectivity index is 2.64. The number of primary sulfonamides is 1. The molecule has 0 amide bonds. The summed E-state index contributed by atoms with van der Waals surface area (Å²) in [4.78, 5) is -0.227. The predicted octanol–water partition coefficient (Wildman–Crippen LogP) is 2.24. The van der Waals surface area contributed by atoms with Crippen LogP contribution in [0, 0.1) is 6.92 Å². The Morgan fingerprint density at radius 1 is 0.905 bits per heavy atom. The number of nitrogens with two attached hydrogens (primary N) is 1. The van der Waals surface area contributed by atoms with Gasteiger partial charge < -0.3 is 0 Å². The molecule has 0 unspecified atom stereocenters. The molecule has 2 rings (SSSR count). The first-order chi connectivity index (χ1) is 9.62. The van der Waals surface area contributed by atoms with Crippen molar-refractivity contribution in [3.8, 4) is 0 Å². The Bertz CT molecular complexity index is 888. The van der Waals surface area contributed by atoms with Gasteiger partial charge in [0.15, 0.2) is 0 Å². The second-order valence-corrected chi connectivity index (χ2v) is 8.82. The van der Waals surface area contributed by atoms with Gasteiger partial charge in [-0.2, -0.15) is 0 Å². The lowest BCUT2D eigenvalue weighted by Gasteiger charge is -2.08. The first-order valence-corrected chi connectivity index (χ1v) is 9.59. The normalized spacial score (nSPS) is 12.3. The first kappa shape index (κ1) is 16.2. The van der Waals surface area contributed by atoms with Gasteiger partial charge in [-0.3, -0.25) is 0 Å². The van der Waals surface area contributed by atoms with Crippen molar-refractivity contribution in [1.82, 2.24) is 0 Å². The molecule has 8 heteroatoms. The van der Waals surface area contributed by atoms with Crippen molar-refractivity contribution in [3.05, 3.63) is 52.5 Å². The summed E-state index contributed by atoms with van der Waals surface area (Å²) in [6.45, 7) is 1.55. The Hall–Kier alpha value is -1.22. The second-order valence-electron chi connectivity index (χ2n) is 4.43. The zero-order valence-electron chi connectivity index (χ0n) is 10.9. The minimum absolute atomic E-state index is 0.0786.